The van der Waals surface area contributed by atoms with Crippen molar-refractivity contribution in [2.75, 3.05) is 6.61 Å². The first kappa shape index (κ1) is 17.0. The molecule has 3 rings (SSSR count). The number of amides is 1. The average Bonchev–Trinajstić information content (AvgIpc) is 2.89. The van der Waals surface area contributed by atoms with Gasteiger partial charge in [-0.25, -0.2) is 4.98 Å². The van der Waals surface area contributed by atoms with Crippen LogP contribution >= 0.6 is 0 Å². The number of rotatable bonds is 6. The molecule has 130 valence electrons. The van der Waals surface area contributed by atoms with E-state index in [1.54, 1.807) is 0 Å². The normalized spacial score (nSPS) is 10.8. The van der Waals surface area contributed by atoms with E-state index < -0.39 is 0 Å². The van der Waals surface area contributed by atoms with Crippen molar-refractivity contribution in [2.24, 2.45) is 7.05 Å². The van der Waals surface area contributed by atoms with Crippen LogP contribution in [-0.2, 0) is 24.8 Å². The van der Waals surface area contributed by atoms with Crippen molar-refractivity contribution in [3.8, 4) is 5.75 Å². The topological polar surface area (TPSA) is 56.1 Å². The van der Waals surface area contributed by atoms with Crippen LogP contribution in [0.2, 0.25) is 0 Å². The first-order chi connectivity index (χ1) is 12.1. The van der Waals surface area contributed by atoms with Gasteiger partial charge in [0.05, 0.1) is 24.1 Å². The van der Waals surface area contributed by atoms with E-state index in [1.807, 2.05) is 63.4 Å². The van der Waals surface area contributed by atoms with E-state index >= 15 is 0 Å². The van der Waals surface area contributed by atoms with E-state index in [0.717, 1.165) is 33.7 Å². The molecule has 1 amide bonds. The summed E-state index contributed by atoms with van der Waals surface area (Å²) < 4.78 is 7.47. The molecule has 0 saturated carbocycles. The van der Waals surface area contributed by atoms with Gasteiger partial charge in [0.2, 0.25) is 5.91 Å². The van der Waals surface area contributed by atoms with Crippen LogP contribution in [0, 0.1) is 6.92 Å². The lowest BCUT2D eigenvalue weighted by atomic mass is 10.1. The zero-order valence-electron chi connectivity index (χ0n) is 14.9. The zero-order chi connectivity index (χ0) is 17.8. The van der Waals surface area contributed by atoms with Crippen LogP contribution in [0.15, 0.2) is 42.5 Å². The van der Waals surface area contributed by atoms with Gasteiger partial charge in [0.25, 0.3) is 0 Å². The minimum atomic E-state index is 0.00135. The van der Waals surface area contributed by atoms with Gasteiger partial charge in [0.1, 0.15) is 11.6 Å². The average molecular weight is 337 g/mol. The van der Waals surface area contributed by atoms with Crippen molar-refractivity contribution in [2.45, 2.75) is 26.8 Å². The first-order valence-corrected chi connectivity index (χ1v) is 8.47. The predicted octanol–water partition coefficient (Wildman–Crippen LogP) is 3.14. The van der Waals surface area contributed by atoms with Crippen molar-refractivity contribution in [1.82, 2.24) is 14.9 Å². The maximum absolute atomic E-state index is 12.2. The lowest BCUT2D eigenvalue weighted by molar-refractivity contribution is -0.120. The monoisotopic (exact) mass is 337 g/mol. The van der Waals surface area contributed by atoms with Crippen molar-refractivity contribution in [3.05, 3.63) is 59.4 Å². The number of hydrogen-bond acceptors (Lipinski definition) is 3. The van der Waals surface area contributed by atoms with Gasteiger partial charge in [-0.15, -0.1) is 0 Å². The number of carbonyl (C=O) groups excluding carboxylic acids is 1. The van der Waals surface area contributed by atoms with Crippen molar-refractivity contribution in [1.29, 1.82) is 0 Å². The largest absolute Gasteiger partial charge is 0.494 e. The molecule has 0 aliphatic rings. The molecule has 0 aliphatic heterocycles. The second-order valence-electron chi connectivity index (χ2n) is 6.07. The summed E-state index contributed by atoms with van der Waals surface area (Å²) in [5.74, 6) is 1.80. The van der Waals surface area contributed by atoms with E-state index in [2.05, 4.69) is 14.9 Å². The Morgan fingerprint density at radius 2 is 1.88 bits per heavy atom. The van der Waals surface area contributed by atoms with E-state index in [1.165, 1.54) is 0 Å². The molecule has 0 aliphatic carbocycles. The van der Waals surface area contributed by atoms with Gasteiger partial charge in [0, 0.05) is 13.6 Å². The van der Waals surface area contributed by atoms with E-state index in [-0.39, 0.29) is 5.91 Å². The molecule has 0 spiro atoms. The summed E-state index contributed by atoms with van der Waals surface area (Å²) in [5.41, 5.74) is 4.07. The SMILES string of the molecule is CCOc1ccc(CC(=O)NCc2ccc3c(c2)nc(C)n3C)cc1. The predicted molar refractivity (Wildman–Crippen MR) is 98.6 cm³/mol. The van der Waals surface area contributed by atoms with Crippen LogP contribution in [0.1, 0.15) is 23.9 Å². The van der Waals surface area contributed by atoms with Crippen LogP contribution in [0.3, 0.4) is 0 Å². The molecule has 0 fully saturated rings. The summed E-state index contributed by atoms with van der Waals surface area (Å²) in [6.45, 7) is 5.07. The highest BCUT2D eigenvalue weighted by molar-refractivity contribution is 5.79. The molecule has 0 atom stereocenters. The fourth-order valence-corrected chi connectivity index (χ4v) is 2.79. The Labute approximate surface area is 147 Å². The van der Waals surface area contributed by atoms with Gasteiger partial charge in [-0.3, -0.25) is 4.79 Å². The Balaban J connectivity index is 1.58. The number of fused-ring (bicyclic) bond motifs is 1. The molecule has 3 aromatic rings. The van der Waals surface area contributed by atoms with Gasteiger partial charge in [-0.05, 0) is 49.2 Å². The smallest absolute Gasteiger partial charge is 0.224 e. The third-order valence-corrected chi connectivity index (χ3v) is 4.26. The number of imidazole rings is 1. The quantitative estimate of drug-likeness (QED) is 0.752. The third-order valence-electron chi connectivity index (χ3n) is 4.26. The molecule has 1 aromatic heterocycles. The number of benzene rings is 2. The number of carbonyl (C=O) groups is 1. The second kappa shape index (κ2) is 7.38. The Hall–Kier alpha value is -2.82. The summed E-state index contributed by atoms with van der Waals surface area (Å²) in [6.07, 6.45) is 0.358. The highest BCUT2D eigenvalue weighted by Gasteiger charge is 2.07. The molecule has 1 heterocycles. The molecule has 0 unspecified atom stereocenters. The number of aromatic nitrogens is 2. The van der Waals surface area contributed by atoms with Gasteiger partial charge < -0.3 is 14.6 Å². The molecule has 0 radical (unpaired) electrons. The third kappa shape index (κ3) is 3.99. The van der Waals surface area contributed by atoms with Crippen LogP contribution in [0.5, 0.6) is 5.75 Å². The number of ether oxygens (including phenoxy) is 1. The number of nitrogens with one attached hydrogen (secondary N) is 1. The van der Waals surface area contributed by atoms with E-state index in [9.17, 15) is 4.79 Å². The molecule has 0 saturated heterocycles. The van der Waals surface area contributed by atoms with Crippen molar-refractivity contribution >= 4 is 16.9 Å². The van der Waals surface area contributed by atoms with Crippen LogP contribution in [0.25, 0.3) is 11.0 Å². The molecular weight excluding hydrogens is 314 g/mol. The highest BCUT2D eigenvalue weighted by Crippen LogP contribution is 2.16. The summed E-state index contributed by atoms with van der Waals surface area (Å²) in [5, 5.41) is 2.97. The standard InChI is InChI=1S/C20H23N3O2/c1-4-25-17-8-5-15(6-9-17)12-20(24)21-13-16-7-10-19-18(11-16)22-14(2)23(19)3/h5-11H,4,12-13H2,1-3H3,(H,21,24). The maximum atomic E-state index is 12.2. The number of aryl methyl sites for hydroxylation is 2. The molecular formula is C20H23N3O2. The van der Waals surface area contributed by atoms with E-state index in [0.29, 0.717) is 19.6 Å². The first-order valence-electron chi connectivity index (χ1n) is 8.47. The summed E-state index contributed by atoms with van der Waals surface area (Å²) in [4.78, 5) is 16.7. The molecule has 5 nitrogen and oxygen atoms in total. The van der Waals surface area contributed by atoms with E-state index in [4.69, 9.17) is 4.74 Å². The lowest BCUT2D eigenvalue weighted by Gasteiger charge is -2.07. The number of nitrogens with zero attached hydrogens (tertiary/aromatic N) is 2. The maximum Gasteiger partial charge on any atom is 0.224 e. The van der Waals surface area contributed by atoms with Crippen LogP contribution in [0.4, 0.5) is 0 Å². The van der Waals surface area contributed by atoms with Crippen LogP contribution in [-0.4, -0.2) is 22.1 Å². The minimum Gasteiger partial charge on any atom is -0.494 e. The Bertz CT molecular complexity index is 882. The second-order valence-corrected chi connectivity index (χ2v) is 6.07. The minimum absolute atomic E-state index is 0.00135. The van der Waals surface area contributed by atoms with Crippen molar-refractivity contribution < 1.29 is 9.53 Å². The fourth-order valence-electron chi connectivity index (χ4n) is 2.79. The molecule has 25 heavy (non-hydrogen) atoms. The van der Waals surface area contributed by atoms with Gasteiger partial charge >= 0.3 is 0 Å². The molecule has 0 bridgehead atoms. The highest BCUT2D eigenvalue weighted by atomic mass is 16.5. The fraction of sp³-hybridized carbons (Fsp3) is 0.300. The number of hydrogen-bond donors (Lipinski definition) is 1. The van der Waals surface area contributed by atoms with Crippen molar-refractivity contribution in [3.63, 3.8) is 0 Å². The van der Waals surface area contributed by atoms with Gasteiger partial charge in [-0.2, -0.15) is 0 Å². The Morgan fingerprint density at radius 3 is 2.60 bits per heavy atom. The molecule has 1 N–H and O–H groups in total. The molecule has 5 heteroatoms. The van der Waals surface area contributed by atoms with Gasteiger partial charge in [-0.1, -0.05) is 18.2 Å². The Morgan fingerprint density at radius 1 is 1.16 bits per heavy atom. The Kier molecular flexibility index (Phi) is 5.03. The summed E-state index contributed by atoms with van der Waals surface area (Å²) in [7, 11) is 2.00. The summed E-state index contributed by atoms with van der Waals surface area (Å²) in [6, 6.07) is 13.7. The zero-order valence-corrected chi connectivity index (χ0v) is 14.9. The van der Waals surface area contributed by atoms with Gasteiger partial charge in [0.15, 0.2) is 0 Å². The van der Waals surface area contributed by atoms with Crippen LogP contribution < -0.4 is 10.1 Å². The lowest BCUT2D eigenvalue weighted by Crippen LogP contribution is -2.24. The summed E-state index contributed by atoms with van der Waals surface area (Å²) >= 11 is 0. The molecule has 2 aromatic carbocycles.